The molecule has 3 aromatic carbocycles. The lowest BCUT2D eigenvalue weighted by molar-refractivity contribution is -0.140. The van der Waals surface area contributed by atoms with E-state index in [9.17, 15) is 14.7 Å². The largest absolute Gasteiger partial charge is 0.507 e. The maximum absolute atomic E-state index is 11.5. The lowest BCUT2D eigenvalue weighted by Gasteiger charge is -2.14. The van der Waals surface area contributed by atoms with E-state index in [4.69, 9.17) is 9.47 Å². The Balaban J connectivity index is 1.64. The number of para-hydroxylation sites is 1. The number of aryl methyl sites for hydroxylation is 2. The van der Waals surface area contributed by atoms with E-state index in [1.807, 2.05) is 48.5 Å². The van der Waals surface area contributed by atoms with E-state index in [2.05, 4.69) is 30.3 Å². The van der Waals surface area contributed by atoms with Crippen molar-refractivity contribution in [2.24, 2.45) is 5.92 Å². The van der Waals surface area contributed by atoms with Crippen LogP contribution in [0, 0.1) is 5.92 Å². The number of hydrogen-bond acceptors (Lipinski definition) is 5. The van der Waals surface area contributed by atoms with Gasteiger partial charge in [-0.25, -0.2) is 0 Å². The summed E-state index contributed by atoms with van der Waals surface area (Å²) in [4.78, 5) is 23.0. The highest BCUT2D eigenvalue weighted by Gasteiger charge is 2.09. The van der Waals surface area contributed by atoms with E-state index < -0.39 is 0 Å². The molecule has 36 heavy (non-hydrogen) atoms. The molecule has 0 bridgehead atoms. The second-order valence-corrected chi connectivity index (χ2v) is 8.89. The Labute approximate surface area is 213 Å². The van der Waals surface area contributed by atoms with Gasteiger partial charge in [0.05, 0.1) is 27.1 Å². The van der Waals surface area contributed by atoms with Gasteiger partial charge in [0.25, 0.3) is 0 Å². The van der Waals surface area contributed by atoms with E-state index in [1.165, 1.54) is 25.3 Å². The summed E-state index contributed by atoms with van der Waals surface area (Å²) in [7, 11) is 2.80. The highest BCUT2D eigenvalue weighted by atomic mass is 16.5. The fraction of sp³-hybridized carbons (Fsp3) is 0.290. The van der Waals surface area contributed by atoms with Crippen LogP contribution in [0.15, 0.2) is 78.9 Å². The summed E-state index contributed by atoms with van der Waals surface area (Å²) < 4.78 is 9.48. The number of methoxy groups -OCH3 is 2. The van der Waals surface area contributed by atoms with Crippen LogP contribution in [-0.4, -0.2) is 31.3 Å². The highest BCUT2D eigenvalue weighted by molar-refractivity contribution is 5.72. The van der Waals surface area contributed by atoms with Gasteiger partial charge in [-0.1, -0.05) is 78.9 Å². The number of carbonyl (C=O) groups excluding carboxylic acids is 2. The van der Waals surface area contributed by atoms with Crippen molar-refractivity contribution in [2.45, 2.75) is 38.5 Å². The third-order valence-corrected chi connectivity index (χ3v) is 6.29. The zero-order valence-corrected chi connectivity index (χ0v) is 21.0. The monoisotopic (exact) mass is 486 g/mol. The van der Waals surface area contributed by atoms with Crippen LogP contribution in [-0.2, 0) is 44.7 Å². The second kappa shape index (κ2) is 13.9. The molecule has 0 radical (unpaired) electrons. The van der Waals surface area contributed by atoms with E-state index in [0.717, 1.165) is 42.4 Å². The van der Waals surface area contributed by atoms with Gasteiger partial charge in [-0.2, -0.15) is 0 Å². The molecule has 0 aliphatic rings. The second-order valence-electron chi connectivity index (χ2n) is 8.89. The number of ether oxygens (including phenoxy) is 2. The van der Waals surface area contributed by atoms with E-state index in [0.29, 0.717) is 5.92 Å². The van der Waals surface area contributed by atoms with Gasteiger partial charge in [0.1, 0.15) is 5.75 Å². The third kappa shape index (κ3) is 8.73. The van der Waals surface area contributed by atoms with Gasteiger partial charge in [0.2, 0.25) is 0 Å². The van der Waals surface area contributed by atoms with Crippen LogP contribution in [0.25, 0.3) is 6.08 Å². The van der Waals surface area contributed by atoms with E-state index in [1.54, 1.807) is 6.07 Å². The number of aromatic hydroxyl groups is 1. The van der Waals surface area contributed by atoms with E-state index >= 15 is 0 Å². The molecule has 5 heteroatoms. The first kappa shape index (κ1) is 26.7. The standard InChI is InChI=1S/C31H34O5/c1-35-30(33)21-26-15-11-23(12-16-26)7-9-25(19-20-28-5-3-4-6-29(28)32)10-8-24-13-17-27(18-14-24)22-31(34)36-2/h3-6,11-20,25,32H,7-10,21-22H2,1-2H3/b20-19+. The van der Waals surface area contributed by atoms with Crippen LogP contribution >= 0.6 is 0 Å². The molecule has 0 aromatic heterocycles. The molecule has 0 atom stereocenters. The number of allylic oxidation sites excluding steroid dienone is 1. The van der Waals surface area contributed by atoms with Gasteiger partial charge in [0, 0.05) is 5.56 Å². The quantitative estimate of drug-likeness (QED) is 0.332. The van der Waals surface area contributed by atoms with Crippen molar-refractivity contribution in [3.05, 3.63) is 107 Å². The minimum Gasteiger partial charge on any atom is -0.507 e. The molecule has 0 saturated carbocycles. The molecule has 0 heterocycles. The molecule has 0 amide bonds. The fourth-order valence-electron chi connectivity index (χ4n) is 4.03. The number of rotatable bonds is 12. The summed E-state index contributed by atoms with van der Waals surface area (Å²) in [6.07, 6.45) is 8.48. The topological polar surface area (TPSA) is 72.8 Å². The Morgan fingerprint density at radius 3 is 1.61 bits per heavy atom. The smallest absolute Gasteiger partial charge is 0.309 e. The first-order chi connectivity index (χ1) is 17.5. The first-order valence-electron chi connectivity index (χ1n) is 12.2. The maximum atomic E-state index is 11.5. The molecule has 3 aromatic rings. The summed E-state index contributed by atoms with van der Waals surface area (Å²) in [5.41, 5.74) is 5.13. The normalized spacial score (nSPS) is 11.1. The third-order valence-electron chi connectivity index (χ3n) is 6.29. The van der Waals surface area contributed by atoms with Crippen LogP contribution in [0.3, 0.4) is 0 Å². The maximum Gasteiger partial charge on any atom is 0.309 e. The van der Waals surface area contributed by atoms with Gasteiger partial charge >= 0.3 is 11.9 Å². The lowest BCUT2D eigenvalue weighted by Crippen LogP contribution is -2.05. The SMILES string of the molecule is COC(=O)Cc1ccc(CCC(/C=C/c2ccccc2O)CCc2ccc(CC(=O)OC)cc2)cc1. The summed E-state index contributed by atoms with van der Waals surface area (Å²) in [6.45, 7) is 0. The molecule has 0 unspecified atom stereocenters. The van der Waals surface area contributed by atoms with E-state index in [-0.39, 0.29) is 30.5 Å². The molecule has 0 fully saturated rings. The fourth-order valence-corrected chi connectivity index (χ4v) is 4.03. The Hall–Kier alpha value is -3.86. The van der Waals surface area contributed by atoms with Gasteiger partial charge in [-0.15, -0.1) is 0 Å². The summed E-state index contributed by atoms with van der Waals surface area (Å²) >= 11 is 0. The molecule has 188 valence electrons. The summed E-state index contributed by atoms with van der Waals surface area (Å²) in [5, 5.41) is 10.1. The number of carbonyl (C=O) groups is 2. The first-order valence-corrected chi connectivity index (χ1v) is 12.2. The Morgan fingerprint density at radius 2 is 1.17 bits per heavy atom. The predicted octanol–water partition coefficient (Wildman–Crippen LogP) is 5.72. The van der Waals surface area contributed by atoms with Gasteiger partial charge in [0.15, 0.2) is 0 Å². The van der Waals surface area contributed by atoms with Gasteiger partial charge < -0.3 is 14.6 Å². The van der Waals surface area contributed by atoms with Crippen LogP contribution in [0.5, 0.6) is 5.75 Å². The minimum atomic E-state index is -0.240. The van der Waals surface area contributed by atoms with Crippen LogP contribution in [0.2, 0.25) is 0 Å². The molecule has 0 aliphatic heterocycles. The molecule has 0 spiro atoms. The van der Waals surface area contributed by atoms with Crippen molar-refractivity contribution in [2.75, 3.05) is 14.2 Å². The summed E-state index contributed by atoms with van der Waals surface area (Å²) in [6, 6.07) is 23.5. The highest BCUT2D eigenvalue weighted by Crippen LogP contribution is 2.23. The molecule has 5 nitrogen and oxygen atoms in total. The van der Waals surface area contributed by atoms with Crippen molar-refractivity contribution in [3.63, 3.8) is 0 Å². The molecule has 1 N–H and O–H groups in total. The Morgan fingerprint density at radius 1 is 0.722 bits per heavy atom. The average Bonchev–Trinajstić information content (AvgIpc) is 2.90. The Bertz CT molecular complexity index is 1080. The van der Waals surface area contributed by atoms with Crippen molar-refractivity contribution >= 4 is 18.0 Å². The predicted molar refractivity (Wildman–Crippen MR) is 142 cm³/mol. The molecular formula is C31H34O5. The van der Waals surface area contributed by atoms with Crippen LogP contribution in [0.4, 0.5) is 0 Å². The number of hydrogen-bond donors (Lipinski definition) is 1. The zero-order chi connectivity index (χ0) is 25.8. The number of esters is 2. The van der Waals surface area contributed by atoms with Crippen LogP contribution < -0.4 is 0 Å². The van der Waals surface area contributed by atoms with Gasteiger partial charge in [-0.05, 0) is 59.9 Å². The number of phenolic OH excluding ortho intramolecular Hbond substituents is 1. The Kier molecular flexibility index (Phi) is 10.3. The average molecular weight is 487 g/mol. The number of benzene rings is 3. The van der Waals surface area contributed by atoms with Crippen molar-refractivity contribution in [1.29, 1.82) is 0 Å². The molecule has 3 rings (SSSR count). The minimum absolute atomic E-state index is 0.240. The van der Waals surface area contributed by atoms with Gasteiger partial charge in [-0.3, -0.25) is 9.59 Å². The zero-order valence-electron chi connectivity index (χ0n) is 21.0. The molecule has 0 saturated heterocycles. The van der Waals surface area contributed by atoms with Crippen molar-refractivity contribution < 1.29 is 24.2 Å². The van der Waals surface area contributed by atoms with Crippen molar-refractivity contribution in [1.82, 2.24) is 0 Å². The lowest BCUT2D eigenvalue weighted by atomic mass is 9.91. The summed E-state index contributed by atoms with van der Waals surface area (Å²) in [5.74, 6) is 0.106. The van der Waals surface area contributed by atoms with Crippen molar-refractivity contribution in [3.8, 4) is 5.75 Å². The molecular weight excluding hydrogens is 452 g/mol. The van der Waals surface area contributed by atoms with Crippen LogP contribution in [0.1, 0.15) is 40.7 Å². The number of phenols is 1. The molecule has 0 aliphatic carbocycles.